The number of carbonyl (C=O) groups is 2. The number of nitrogens with zero attached hydrogens (tertiary/aromatic N) is 1. The zero-order chi connectivity index (χ0) is 21.8. The minimum absolute atomic E-state index is 0.121. The minimum atomic E-state index is -0.543. The normalized spacial score (nSPS) is 12.1. The number of esters is 1. The minimum Gasteiger partial charge on any atom is -0.454 e. The van der Waals surface area contributed by atoms with Gasteiger partial charge in [0.15, 0.2) is 11.5 Å². The van der Waals surface area contributed by atoms with Crippen LogP contribution in [0.4, 0.5) is 0 Å². The molecule has 1 amide bonds. The number of fused-ring (bicyclic) bond motifs is 1. The molecule has 1 aliphatic heterocycles. The van der Waals surface area contributed by atoms with E-state index in [1.165, 1.54) is 18.3 Å². The van der Waals surface area contributed by atoms with E-state index in [1.54, 1.807) is 48.5 Å². The number of hydrogen-bond donors (Lipinski definition) is 1. The van der Waals surface area contributed by atoms with E-state index in [9.17, 15) is 9.59 Å². The summed E-state index contributed by atoms with van der Waals surface area (Å²) >= 11 is 11.8. The fraction of sp³-hybridized carbons (Fsp3) is 0.0455. The SMILES string of the molecule is O=C(Oc1cccc(/C=N/NC(=O)c2ccc(Cl)cc2Cl)c1)c1ccc2c(c1)OCO2. The van der Waals surface area contributed by atoms with Gasteiger partial charge in [0, 0.05) is 5.02 Å². The maximum absolute atomic E-state index is 12.4. The molecular formula is C22H14Cl2N2O5. The number of halogens is 2. The highest BCUT2D eigenvalue weighted by molar-refractivity contribution is 6.36. The molecule has 1 N–H and O–H groups in total. The smallest absolute Gasteiger partial charge is 0.343 e. The quantitative estimate of drug-likeness (QED) is 0.260. The van der Waals surface area contributed by atoms with Crippen molar-refractivity contribution in [2.24, 2.45) is 5.10 Å². The van der Waals surface area contributed by atoms with Crippen LogP contribution in [0.2, 0.25) is 10.0 Å². The van der Waals surface area contributed by atoms with Gasteiger partial charge < -0.3 is 14.2 Å². The number of hydrogen-bond acceptors (Lipinski definition) is 6. The third kappa shape index (κ3) is 4.96. The van der Waals surface area contributed by atoms with Crippen LogP contribution in [0.5, 0.6) is 17.2 Å². The van der Waals surface area contributed by atoms with E-state index in [4.69, 9.17) is 37.4 Å². The first-order chi connectivity index (χ1) is 15.0. The summed E-state index contributed by atoms with van der Waals surface area (Å²) in [6, 6.07) is 16.0. The van der Waals surface area contributed by atoms with Gasteiger partial charge in [-0.1, -0.05) is 35.3 Å². The molecule has 31 heavy (non-hydrogen) atoms. The molecule has 0 saturated carbocycles. The van der Waals surface area contributed by atoms with Gasteiger partial charge in [-0.2, -0.15) is 5.10 Å². The van der Waals surface area contributed by atoms with E-state index in [1.807, 2.05) is 0 Å². The standard InChI is InChI=1S/C22H14Cl2N2O5/c23-15-5-6-17(18(24)10-15)21(27)26-25-11-13-2-1-3-16(8-13)31-22(28)14-4-7-19-20(9-14)30-12-29-19/h1-11H,12H2,(H,26,27)/b25-11+. The van der Waals surface area contributed by atoms with Crippen LogP contribution in [0.15, 0.2) is 65.8 Å². The van der Waals surface area contributed by atoms with Crippen molar-refractivity contribution >= 4 is 41.3 Å². The lowest BCUT2D eigenvalue weighted by atomic mass is 10.2. The summed E-state index contributed by atoms with van der Waals surface area (Å²) in [6.45, 7) is 0.121. The molecule has 0 aromatic heterocycles. The van der Waals surface area contributed by atoms with Crippen LogP contribution in [0, 0.1) is 0 Å². The highest BCUT2D eigenvalue weighted by atomic mass is 35.5. The molecule has 7 nitrogen and oxygen atoms in total. The van der Waals surface area contributed by atoms with Crippen LogP contribution >= 0.6 is 23.2 Å². The molecule has 0 bridgehead atoms. The van der Waals surface area contributed by atoms with E-state index < -0.39 is 11.9 Å². The third-order valence-corrected chi connectivity index (χ3v) is 4.78. The van der Waals surface area contributed by atoms with Gasteiger partial charge in [-0.3, -0.25) is 4.79 Å². The van der Waals surface area contributed by atoms with Crippen LogP contribution in [-0.2, 0) is 0 Å². The van der Waals surface area contributed by atoms with Gasteiger partial charge in [0.05, 0.1) is 22.4 Å². The van der Waals surface area contributed by atoms with Crippen molar-refractivity contribution in [3.05, 3.63) is 87.4 Å². The molecule has 156 valence electrons. The van der Waals surface area contributed by atoms with E-state index in [-0.39, 0.29) is 17.4 Å². The largest absolute Gasteiger partial charge is 0.454 e. The molecule has 1 aliphatic rings. The second-order valence-corrected chi connectivity index (χ2v) is 7.20. The molecule has 0 radical (unpaired) electrons. The molecule has 0 aliphatic carbocycles. The van der Waals surface area contributed by atoms with Crippen LogP contribution in [0.1, 0.15) is 26.3 Å². The lowest BCUT2D eigenvalue weighted by molar-refractivity contribution is 0.0734. The molecule has 0 atom stereocenters. The molecule has 0 spiro atoms. The molecule has 4 rings (SSSR count). The van der Waals surface area contributed by atoms with Gasteiger partial charge in [0.1, 0.15) is 5.75 Å². The first-order valence-corrected chi connectivity index (χ1v) is 9.75. The van der Waals surface area contributed by atoms with Crippen LogP contribution in [0.3, 0.4) is 0 Å². The summed E-state index contributed by atoms with van der Waals surface area (Å²) in [6.07, 6.45) is 1.42. The Morgan fingerprint density at radius 3 is 2.68 bits per heavy atom. The summed E-state index contributed by atoms with van der Waals surface area (Å²) in [5.74, 6) is 0.364. The molecule has 0 saturated heterocycles. The van der Waals surface area contributed by atoms with Crippen LogP contribution in [0.25, 0.3) is 0 Å². The van der Waals surface area contributed by atoms with Crippen molar-refractivity contribution in [2.45, 2.75) is 0 Å². The Kier molecular flexibility index (Phi) is 6.06. The van der Waals surface area contributed by atoms with Crippen molar-refractivity contribution in [3.63, 3.8) is 0 Å². The van der Waals surface area contributed by atoms with Crippen LogP contribution in [-0.4, -0.2) is 24.9 Å². The maximum Gasteiger partial charge on any atom is 0.343 e. The van der Waals surface area contributed by atoms with E-state index >= 15 is 0 Å². The molecule has 3 aromatic rings. The topological polar surface area (TPSA) is 86.2 Å². The highest BCUT2D eigenvalue weighted by Gasteiger charge is 2.17. The second kappa shape index (κ2) is 9.07. The van der Waals surface area contributed by atoms with Crippen molar-refractivity contribution in [3.8, 4) is 17.2 Å². The van der Waals surface area contributed by atoms with Gasteiger partial charge in [0.2, 0.25) is 6.79 Å². The number of carbonyl (C=O) groups excluding carboxylic acids is 2. The molecule has 3 aromatic carbocycles. The van der Waals surface area contributed by atoms with Gasteiger partial charge in [-0.25, -0.2) is 10.2 Å². The van der Waals surface area contributed by atoms with Crippen LogP contribution < -0.4 is 19.6 Å². The summed E-state index contributed by atoms with van der Waals surface area (Å²) in [5, 5.41) is 4.56. The molecule has 0 unspecified atom stereocenters. The van der Waals surface area contributed by atoms with Gasteiger partial charge in [-0.15, -0.1) is 0 Å². The number of amides is 1. The number of nitrogens with one attached hydrogen (secondary N) is 1. The fourth-order valence-electron chi connectivity index (χ4n) is 2.75. The molecule has 0 fully saturated rings. The number of hydrazone groups is 1. The van der Waals surface area contributed by atoms with Gasteiger partial charge >= 0.3 is 5.97 Å². The Hall–Kier alpha value is -3.55. The fourth-order valence-corrected chi connectivity index (χ4v) is 3.24. The number of rotatable bonds is 5. The third-order valence-electron chi connectivity index (χ3n) is 4.23. The Morgan fingerprint density at radius 1 is 1.00 bits per heavy atom. The van der Waals surface area contributed by atoms with Gasteiger partial charge in [0.25, 0.3) is 5.91 Å². The van der Waals surface area contributed by atoms with Crippen molar-refractivity contribution in [1.82, 2.24) is 5.43 Å². The Bertz CT molecular complexity index is 1200. The Labute approximate surface area is 187 Å². The summed E-state index contributed by atoms with van der Waals surface area (Å²) < 4.78 is 15.9. The average Bonchev–Trinajstić information content (AvgIpc) is 3.22. The van der Waals surface area contributed by atoms with Crippen molar-refractivity contribution in [1.29, 1.82) is 0 Å². The van der Waals surface area contributed by atoms with E-state index in [0.717, 1.165) is 0 Å². The summed E-state index contributed by atoms with van der Waals surface area (Å²) in [5.41, 5.74) is 3.57. The molecule has 9 heteroatoms. The number of benzene rings is 3. The van der Waals surface area contributed by atoms with Crippen molar-refractivity contribution in [2.75, 3.05) is 6.79 Å². The zero-order valence-electron chi connectivity index (χ0n) is 15.8. The van der Waals surface area contributed by atoms with Crippen molar-refractivity contribution < 1.29 is 23.8 Å². The monoisotopic (exact) mass is 456 g/mol. The number of ether oxygens (including phenoxy) is 3. The summed E-state index contributed by atoms with van der Waals surface area (Å²) in [7, 11) is 0. The predicted octanol–water partition coefficient (Wildman–Crippen LogP) is 4.71. The second-order valence-electron chi connectivity index (χ2n) is 6.35. The first-order valence-electron chi connectivity index (χ1n) is 9.00. The Balaban J connectivity index is 1.40. The maximum atomic E-state index is 12.4. The Morgan fingerprint density at radius 2 is 1.84 bits per heavy atom. The average molecular weight is 457 g/mol. The van der Waals surface area contributed by atoms with E-state index in [2.05, 4.69) is 10.5 Å². The van der Waals surface area contributed by atoms with E-state index in [0.29, 0.717) is 33.4 Å². The lowest BCUT2D eigenvalue weighted by Gasteiger charge is -2.06. The molecule has 1 heterocycles. The highest BCUT2D eigenvalue weighted by Crippen LogP contribution is 2.32. The molecular weight excluding hydrogens is 443 g/mol. The zero-order valence-corrected chi connectivity index (χ0v) is 17.3. The van der Waals surface area contributed by atoms with Gasteiger partial charge in [-0.05, 0) is 54.1 Å². The first kappa shape index (κ1) is 20.7. The predicted molar refractivity (Wildman–Crippen MR) is 115 cm³/mol. The summed E-state index contributed by atoms with van der Waals surface area (Å²) in [4.78, 5) is 24.6. The lowest BCUT2D eigenvalue weighted by Crippen LogP contribution is -2.18.